The molecule has 2 rings (SSSR count). The molecule has 0 bridgehead atoms. The molecule has 1 fully saturated rings. The Hall–Kier alpha value is -0.450. The molecule has 1 aliphatic carbocycles. The van der Waals surface area contributed by atoms with Gasteiger partial charge in [0.2, 0.25) is 0 Å². The summed E-state index contributed by atoms with van der Waals surface area (Å²) >= 11 is 1.48. The molecule has 4 heteroatoms. The third-order valence-corrected chi connectivity index (χ3v) is 4.29. The van der Waals surface area contributed by atoms with Gasteiger partial charge in [-0.05, 0) is 12.3 Å². The summed E-state index contributed by atoms with van der Waals surface area (Å²) in [5.74, 6) is 0.707. The average Bonchev–Trinajstić information content (AvgIpc) is 2.83. The first kappa shape index (κ1) is 12.0. The molecule has 3 N–H and O–H groups in total. The first-order valence-electron chi connectivity index (χ1n) is 6.10. The third kappa shape index (κ3) is 3.03. The summed E-state index contributed by atoms with van der Waals surface area (Å²) in [4.78, 5) is 4.12. The van der Waals surface area contributed by atoms with Crippen molar-refractivity contribution in [2.45, 2.75) is 50.7 Å². The number of hydrogen-bond donors (Lipinski definition) is 2. The minimum Gasteiger partial charge on any atom is -0.384 e. The lowest BCUT2D eigenvalue weighted by atomic mass is 9.84. The Morgan fingerprint density at radius 2 is 2.19 bits per heavy atom. The molecule has 0 aromatic carbocycles. The molecule has 0 unspecified atom stereocenters. The van der Waals surface area contributed by atoms with Crippen LogP contribution in [-0.2, 0) is 0 Å². The van der Waals surface area contributed by atoms with Crippen LogP contribution in [0, 0.1) is 5.92 Å². The molecule has 0 aliphatic heterocycles. The summed E-state index contributed by atoms with van der Waals surface area (Å²) in [6.45, 7) is 0. The normalized spacial score (nSPS) is 21.9. The Morgan fingerprint density at radius 3 is 2.81 bits per heavy atom. The van der Waals surface area contributed by atoms with Crippen LogP contribution in [-0.4, -0.2) is 16.1 Å². The van der Waals surface area contributed by atoms with Gasteiger partial charge in [0.1, 0.15) is 11.1 Å². The number of aromatic nitrogens is 1. The van der Waals surface area contributed by atoms with E-state index in [1.807, 2.05) is 5.38 Å². The molecule has 16 heavy (non-hydrogen) atoms. The van der Waals surface area contributed by atoms with Gasteiger partial charge in [0.15, 0.2) is 0 Å². The van der Waals surface area contributed by atoms with Crippen LogP contribution in [0.1, 0.15) is 49.6 Å². The van der Waals surface area contributed by atoms with Crippen molar-refractivity contribution in [1.29, 1.82) is 0 Å². The van der Waals surface area contributed by atoms with Crippen LogP contribution >= 0.6 is 11.3 Å². The average molecular weight is 240 g/mol. The molecule has 90 valence electrons. The number of nitrogens with zero attached hydrogens (tertiary/aromatic N) is 1. The summed E-state index contributed by atoms with van der Waals surface area (Å²) in [6, 6.07) is -0.158. The maximum absolute atomic E-state index is 10.0. The van der Waals surface area contributed by atoms with Crippen LogP contribution < -0.4 is 5.73 Å². The minimum atomic E-state index is -0.582. The van der Waals surface area contributed by atoms with E-state index in [0.29, 0.717) is 5.92 Å². The van der Waals surface area contributed by atoms with Crippen LogP contribution in [0.2, 0.25) is 0 Å². The second kappa shape index (κ2) is 5.75. The summed E-state index contributed by atoms with van der Waals surface area (Å²) < 4.78 is 0. The third-order valence-electron chi connectivity index (χ3n) is 3.44. The molecule has 1 aromatic rings. The number of hydrogen-bond acceptors (Lipinski definition) is 4. The van der Waals surface area contributed by atoms with Gasteiger partial charge in [-0.15, -0.1) is 11.3 Å². The van der Waals surface area contributed by atoms with E-state index in [1.54, 1.807) is 6.20 Å². The van der Waals surface area contributed by atoms with Crippen LogP contribution in [0.4, 0.5) is 0 Å². The fraction of sp³-hybridized carbons (Fsp3) is 0.750. The first-order chi connectivity index (χ1) is 7.77. The molecule has 2 atom stereocenters. The molecule has 0 saturated heterocycles. The molecule has 1 heterocycles. The first-order valence-corrected chi connectivity index (χ1v) is 6.98. The van der Waals surface area contributed by atoms with Gasteiger partial charge < -0.3 is 10.8 Å². The summed E-state index contributed by atoms with van der Waals surface area (Å²) in [6.07, 6.45) is 8.63. The van der Waals surface area contributed by atoms with Crippen LogP contribution in [0.3, 0.4) is 0 Å². The van der Waals surface area contributed by atoms with Gasteiger partial charge in [-0.3, -0.25) is 0 Å². The largest absolute Gasteiger partial charge is 0.384 e. The molecule has 0 spiro atoms. The van der Waals surface area contributed by atoms with Crippen LogP contribution in [0.5, 0.6) is 0 Å². The SMILES string of the molecule is N[C@@H](CC1CCCCC1)[C@@H](O)c1nccs1. The lowest BCUT2D eigenvalue weighted by Gasteiger charge is -2.26. The van der Waals surface area contributed by atoms with Gasteiger partial charge in [-0.25, -0.2) is 4.98 Å². The predicted molar refractivity (Wildman–Crippen MR) is 66.2 cm³/mol. The van der Waals surface area contributed by atoms with Crippen molar-refractivity contribution < 1.29 is 5.11 Å². The Labute approximate surface area is 101 Å². The lowest BCUT2D eigenvalue weighted by Crippen LogP contribution is -2.31. The summed E-state index contributed by atoms with van der Waals surface area (Å²) in [7, 11) is 0. The Balaban J connectivity index is 1.84. The molecule has 1 aromatic heterocycles. The van der Waals surface area contributed by atoms with Crippen molar-refractivity contribution in [2.75, 3.05) is 0 Å². The zero-order valence-electron chi connectivity index (χ0n) is 9.51. The topological polar surface area (TPSA) is 59.1 Å². The molecule has 0 amide bonds. The predicted octanol–water partition coefficient (Wildman–Crippen LogP) is 2.47. The number of aliphatic hydroxyl groups excluding tert-OH is 1. The Kier molecular flexibility index (Phi) is 4.32. The van der Waals surface area contributed by atoms with E-state index < -0.39 is 6.10 Å². The minimum absolute atomic E-state index is 0.158. The van der Waals surface area contributed by atoms with E-state index in [4.69, 9.17) is 5.73 Å². The van der Waals surface area contributed by atoms with E-state index in [1.165, 1.54) is 43.4 Å². The molecule has 1 saturated carbocycles. The van der Waals surface area contributed by atoms with Crippen molar-refractivity contribution >= 4 is 11.3 Å². The van der Waals surface area contributed by atoms with E-state index in [0.717, 1.165) is 11.4 Å². The van der Waals surface area contributed by atoms with Crippen molar-refractivity contribution in [1.82, 2.24) is 4.98 Å². The van der Waals surface area contributed by atoms with E-state index in [-0.39, 0.29) is 6.04 Å². The molecule has 1 aliphatic rings. The standard InChI is InChI=1S/C12H20N2OS/c13-10(8-9-4-2-1-3-5-9)11(15)12-14-6-7-16-12/h6-7,9-11,15H,1-5,8,13H2/t10-,11+/m0/s1. The van der Waals surface area contributed by atoms with Gasteiger partial charge in [0.25, 0.3) is 0 Å². The highest BCUT2D eigenvalue weighted by atomic mass is 32.1. The van der Waals surface area contributed by atoms with Crippen molar-refractivity contribution in [2.24, 2.45) is 11.7 Å². The molecule has 3 nitrogen and oxygen atoms in total. The van der Waals surface area contributed by atoms with Crippen molar-refractivity contribution in [3.8, 4) is 0 Å². The smallest absolute Gasteiger partial charge is 0.123 e. The fourth-order valence-corrected chi connectivity index (χ4v) is 3.20. The fourth-order valence-electron chi connectivity index (χ4n) is 2.50. The second-order valence-corrected chi connectivity index (χ2v) is 5.64. The monoisotopic (exact) mass is 240 g/mol. The Bertz CT molecular complexity index is 296. The highest BCUT2D eigenvalue weighted by Gasteiger charge is 2.23. The number of aliphatic hydroxyl groups is 1. The van der Waals surface area contributed by atoms with Gasteiger partial charge >= 0.3 is 0 Å². The van der Waals surface area contributed by atoms with Gasteiger partial charge in [0, 0.05) is 17.6 Å². The maximum atomic E-state index is 10.0. The van der Waals surface area contributed by atoms with Crippen molar-refractivity contribution in [3.63, 3.8) is 0 Å². The molecular weight excluding hydrogens is 220 g/mol. The second-order valence-electron chi connectivity index (χ2n) is 4.72. The highest BCUT2D eigenvalue weighted by molar-refractivity contribution is 7.09. The zero-order valence-corrected chi connectivity index (χ0v) is 10.3. The quantitative estimate of drug-likeness (QED) is 0.850. The van der Waals surface area contributed by atoms with Gasteiger partial charge in [0.05, 0.1) is 0 Å². The van der Waals surface area contributed by atoms with E-state index >= 15 is 0 Å². The molecular formula is C12H20N2OS. The number of rotatable bonds is 4. The van der Waals surface area contributed by atoms with Crippen LogP contribution in [0.25, 0.3) is 0 Å². The van der Waals surface area contributed by atoms with Gasteiger partial charge in [-0.2, -0.15) is 0 Å². The maximum Gasteiger partial charge on any atom is 0.123 e. The summed E-state index contributed by atoms with van der Waals surface area (Å²) in [5.41, 5.74) is 6.06. The number of thiazole rings is 1. The summed E-state index contributed by atoms with van der Waals surface area (Å²) in [5, 5.41) is 12.7. The number of nitrogens with two attached hydrogens (primary N) is 1. The highest BCUT2D eigenvalue weighted by Crippen LogP contribution is 2.30. The lowest BCUT2D eigenvalue weighted by molar-refractivity contribution is 0.127. The Morgan fingerprint density at radius 1 is 1.44 bits per heavy atom. The molecule has 0 radical (unpaired) electrons. The van der Waals surface area contributed by atoms with Crippen molar-refractivity contribution in [3.05, 3.63) is 16.6 Å². The van der Waals surface area contributed by atoms with Crippen LogP contribution in [0.15, 0.2) is 11.6 Å². The van der Waals surface area contributed by atoms with E-state index in [9.17, 15) is 5.11 Å². The van der Waals surface area contributed by atoms with Gasteiger partial charge in [-0.1, -0.05) is 32.1 Å². The van der Waals surface area contributed by atoms with E-state index in [2.05, 4.69) is 4.98 Å². The zero-order chi connectivity index (χ0) is 11.4.